The van der Waals surface area contributed by atoms with Gasteiger partial charge in [0, 0.05) is 26.3 Å². The van der Waals surface area contributed by atoms with Gasteiger partial charge in [0.25, 0.3) is 0 Å². The summed E-state index contributed by atoms with van der Waals surface area (Å²) in [5, 5.41) is 2.57. The third-order valence-corrected chi connectivity index (χ3v) is 11.0. The van der Waals surface area contributed by atoms with E-state index in [1.807, 2.05) is 11.8 Å². The lowest BCUT2D eigenvalue weighted by atomic mass is 9.67. The quantitative estimate of drug-likeness (QED) is 0.194. The predicted octanol–water partition coefficient (Wildman–Crippen LogP) is 11.3. The molecule has 2 heterocycles. The highest BCUT2D eigenvalue weighted by Gasteiger charge is 2.50. The van der Waals surface area contributed by atoms with Gasteiger partial charge in [-0.1, -0.05) is 139 Å². The minimum atomic E-state index is -0.392. The highest BCUT2D eigenvalue weighted by atomic mass is 32.2. The van der Waals surface area contributed by atoms with Crippen molar-refractivity contribution < 1.29 is 0 Å². The topological polar surface area (TPSA) is 4.93 Å². The minimum Gasteiger partial charge on any atom is -0.309 e. The molecule has 1 aliphatic carbocycles. The Morgan fingerprint density at radius 3 is 1.76 bits per heavy atom. The van der Waals surface area contributed by atoms with Crippen LogP contribution in [0.2, 0.25) is 0 Å². The molecule has 10 rings (SSSR count). The Hall–Kier alpha value is -5.31. The van der Waals surface area contributed by atoms with E-state index in [1.54, 1.807) is 0 Å². The van der Waals surface area contributed by atoms with Crippen LogP contribution < -0.4 is 0 Å². The third-order valence-electron chi connectivity index (χ3n) is 9.87. The smallest absolute Gasteiger partial charge is 0.0736 e. The molecule has 1 nitrogen and oxygen atoms in total. The summed E-state index contributed by atoms with van der Waals surface area (Å²) >= 11 is 1.91. The largest absolute Gasteiger partial charge is 0.309 e. The number of hydrogen-bond donors (Lipinski definition) is 0. The summed E-state index contributed by atoms with van der Waals surface area (Å²) in [6.07, 6.45) is 0. The summed E-state index contributed by atoms with van der Waals surface area (Å²) in [6.45, 7) is 0. The number of nitrogens with zero attached hydrogens (tertiary/aromatic N) is 1. The van der Waals surface area contributed by atoms with Crippen molar-refractivity contribution >= 4 is 33.6 Å². The maximum Gasteiger partial charge on any atom is 0.0736 e. The van der Waals surface area contributed by atoms with E-state index in [4.69, 9.17) is 0 Å². The second kappa shape index (κ2) is 9.34. The zero-order chi connectivity index (χ0) is 29.5. The molecule has 0 amide bonds. The highest BCUT2D eigenvalue weighted by Crippen LogP contribution is 2.62. The first-order valence-electron chi connectivity index (χ1n) is 15.5. The molecule has 2 aliphatic rings. The van der Waals surface area contributed by atoms with Crippen molar-refractivity contribution in [2.75, 3.05) is 0 Å². The van der Waals surface area contributed by atoms with Gasteiger partial charge in [0.05, 0.1) is 16.4 Å². The fourth-order valence-corrected chi connectivity index (χ4v) is 9.24. The number of aromatic nitrogens is 1. The van der Waals surface area contributed by atoms with E-state index in [2.05, 4.69) is 168 Å². The number of benzene rings is 7. The highest BCUT2D eigenvalue weighted by molar-refractivity contribution is 7.99. The summed E-state index contributed by atoms with van der Waals surface area (Å²) in [4.78, 5) is 2.66. The van der Waals surface area contributed by atoms with Crippen molar-refractivity contribution in [3.05, 3.63) is 186 Å². The van der Waals surface area contributed by atoms with Gasteiger partial charge in [0.2, 0.25) is 0 Å². The third kappa shape index (κ3) is 3.35. The molecule has 1 spiro atoms. The van der Waals surface area contributed by atoms with Gasteiger partial charge >= 0.3 is 0 Å². The lowest BCUT2D eigenvalue weighted by Gasteiger charge is -2.39. The molecule has 0 atom stereocenters. The summed E-state index contributed by atoms with van der Waals surface area (Å²) < 4.78 is 2.46. The first-order valence-corrected chi connectivity index (χ1v) is 16.3. The zero-order valence-electron chi connectivity index (χ0n) is 24.4. The second-order valence-corrected chi connectivity index (χ2v) is 13.2. The number of para-hydroxylation sites is 1. The second-order valence-electron chi connectivity index (χ2n) is 12.1. The molecule has 7 aromatic carbocycles. The van der Waals surface area contributed by atoms with Gasteiger partial charge in [-0.25, -0.2) is 0 Å². The molecule has 8 aromatic rings. The molecule has 0 bridgehead atoms. The molecule has 0 radical (unpaired) electrons. The lowest BCUT2D eigenvalue weighted by molar-refractivity contribution is 0.724. The standard InChI is InChI=1S/C43H27NS/c1-2-12-28(13-3-1)29-22-24-30(25-23-29)44-39-20-10-6-16-33(39)34-26-42-38(27-40(34)44)43(37-19-9-11-21-41(37)45-42)35-17-7-4-14-31(35)32-15-5-8-18-36(32)43/h1-27H. The summed E-state index contributed by atoms with van der Waals surface area (Å²) in [6, 6.07) is 60.6. The first kappa shape index (κ1) is 25.1. The monoisotopic (exact) mass is 589 g/mol. The van der Waals surface area contributed by atoms with E-state index in [1.165, 1.54) is 81.8 Å². The maximum absolute atomic E-state index is 2.51. The summed E-state index contributed by atoms with van der Waals surface area (Å²) in [5.74, 6) is 0. The van der Waals surface area contributed by atoms with Gasteiger partial charge in [0.1, 0.15) is 0 Å². The molecule has 0 fully saturated rings. The van der Waals surface area contributed by atoms with Crippen LogP contribution in [0.5, 0.6) is 0 Å². The van der Waals surface area contributed by atoms with Gasteiger partial charge in [-0.15, -0.1) is 0 Å². The van der Waals surface area contributed by atoms with E-state index < -0.39 is 5.41 Å². The Kier molecular flexibility index (Phi) is 5.20. The van der Waals surface area contributed by atoms with E-state index >= 15 is 0 Å². The van der Waals surface area contributed by atoms with Crippen molar-refractivity contribution in [3.8, 4) is 27.9 Å². The van der Waals surface area contributed by atoms with Gasteiger partial charge < -0.3 is 4.57 Å². The van der Waals surface area contributed by atoms with Gasteiger partial charge in [-0.05, 0) is 80.9 Å². The van der Waals surface area contributed by atoms with Crippen molar-refractivity contribution in [1.29, 1.82) is 0 Å². The van der Waals surface area contributed by atoms with Crippen LogP contribution >= 0.6 is 11.8 Å². The molecule has 0 N–H and O–H groups in total. The molecule has 1 aliphatic heterocycles. The van der Waals surface area contributed by atoms with Crippen LogP contribution in [0.15, 0.2) is 174 Å². The van der Waals surface area contributed by atoms with Crippen molar-refractivity contribution in [1.82, 2.24) is 4.57 Å². The fraction of sp³-hybridized carbons (Fsp3) is 0.0233. The molecule has 1 aromatic heterocycles. The molecular formula is C43H27NS. The molecule has 0 saturated heterocycles. The lowest BCUT2D eigenvalue weighted by Crippen LogP contribution is -2.32. The number of fused-ring (bicyclic) bond motifs is 12. The maximum atomic E-state index is 2.51. The zero-order valence-corrected chi connectivity index (χ0v) is 25.3. The summed E-state index contributed by atoms with van der Waals surface area (Å²) in [7, 11) is 0. The molecule has 45 heavy (non-hydrogen) atoms. The van der Waals surface area contributed by atoms with Crippen molar-refractivity contribution in [3.63, 3.8) is 0 Å². The summed E-state index contributed by atoms with van der Waals surface area (Å²) in [5.41, 5.74) is 13.8. The van der Waals surface area contributed by atoms with Crippen molar-refractivity contribution in [2.24, 2.45) is 0 Å². The van der Waals surface area contributed by atoms with Crippen LogP contribution in [0.1, 0.15) is 22.3 Å². The molecule has 0 unspecified atom stereocenters. The molecular weight excluding hydrogens is 563 g/mol. The van der Waals surface area contributed by atoms with Crippen LogP contribution in [0.25, 0.3) is 49.7 Å². The van der Waals surface area contributed by atoms with E-state index in [0.29, 0.717) is 0 Å². The SMILES string of the molecule is c1ccc(-c2ccc(-n3c4ccccc4c4cc5c(cc43)C3(c4ccccc4S5)c4ccccc4-c4ccccc43)cc2)cc1. The molecule has 2 heteroatoms. The van der Waals surface area contributed by atoms with E-state index in [-0.39, 0.29) is 0 Å². The van der Waals surface area contributed by atoms with Crippen LogP contribution in [-0.4, -0.2) is 4.57 Å². The Morgan fingerprint density at radius 2 is 1.00 bits per heavy atom. The van der Waals surface area contributed by atoms with Crippen LogP contribution in [0.3, 0.4) is 0 Å². The molecule has 210 valence electrons. The predicted molar refractivity (Wildman–Crippen MR) is 188 cm³/mol. The Balaban J connectivity index is 1.30. The first-order chi connectivity index (χ1) is 22.3. The number of hydrogen-bond acceptors (Lipinski definition) is 1. The van der Waals surface area contributed by atoms with E-state index in [9.17, 15) is 0 Å². The Morgan fingerprint density at radius 1 is 0.400 bits per heavy atom. The van der Waals surface area contributed by atoms with Crippen LogP contribution in [-0.2, 0) is 5.41 Å². The van der Waals surface area contributed by atoms with Crippen molar-refractivity contribution in [2.45, 2.75) is 15.2 Å². The fourth-order valence-electron chi connectivity index (χ4n) is 8.03. The Bertz CT molecular complexity index is 2400. The minimum absolute atomic E-state index is 0.392. The van der Waals surface area contributed by atoms with Gasteiger partial charge in [-0.3, -0.25) is 0 Å². The average molecular weight is 590 g/mol. The van der Waals surface area contributed by atoms with Gasteiger partial charge in [-0.2, -0.15) is 0 Å². The van der Waals surface area contributed by atoms with E-state index in [0.717, 1.165) is 0 Å². The number of rotatable bonds is 2. The Labute approximate surface area is 266 Å². The van der Waals surface area contributed by atoms with Gasteiger partial charge in [0.15, 0.2) is 0 Å². The average Bonchev–Trinajstić information content (AvgIpc) is 3.59. The molecule has 0 saturated carbocycles. The van der Waals surface area contributed by atoms with Crippen LogP contribution in [0, 0.1) is 0 Å². The normalized spacial score (nSPS) is 13.9. The van der Waals surface area contributed by atoms with Crippen LogP contribution in [0.4, 0.5) is 0 Å².